The average Bonchev–Trinajstić information content (AvgIpc) is 3.12. The predicted octanol–water partition coefficient (Wildman–Crippen LogP) is 7.08. The summed E-state index contributed by atoms with van der Waals surface area (Å²) in [6, 6.07) is 20.8. The van der Waals surface area contributed by atoms with Gasteiger partial charge in [0.2, 0.25) is 5.91 Å². The second-order valence-electron chi connectivity index (χ2n) is 10.3. The van der Waals surface area contributed by atoms with E-state index in [0.717, 1.165) is 42.0 Å². The molecule has 1 N–H and O–H groups in total. The molecule has 8 nitrogen and oxygen atoms in total. The molecule has 1 aliphatic carbocycles. The van der Waals surface area contributed by atoms with E-state index in [1.807, 2.05) is 48.5 Å². The maximum atomic E-state index is 14.1. The lowest BCUT2D eigenvalue weighted by molar-refractivity contribution is -0.384. The van der Waals surface area contributed by atoms with Crippen molar-refractivity contribution in [3.8, 4) is 5.75 Å². The zero-order valence-corrected chi connectivity index (χ0v) is 22.8. The van der Waals surface area contributed by atoms with Crippen LogP contribution in [0, 0.1) is 10.1 Å². The number of ether oxygens (including phenoxy) is 1. The Balaban J connectivity index is 1.66. The van der Waals surface area contributed by atoms with E-state index < -0.39 is 11.0 Å². The highest BCUT2D eigenvalue weighted by atomic mass is 16.6. The molecule has 0 unspecified atom stereocenters. The van der Waals surface area contributed by atoms with E-state index in [0.29, 0.717) is 29.7 Å². The second-order valence-corrected chi connectivity index (χ2v) is 10.3. The van der Waals surface area contributed by atoms with E-state index in [4.69, 9.17) is 4.74 Å². The number of nitro groups is 1. The molecule has 0 bridgehead atoms. The predicted molar refractivity (Wildman–Crippen MR) is 155 cm³/mol. The lowest BCUT2D eigenvalue weighted by Gasteiger charge is -2.35. The quantitative estimate of drug-likeness (QED) is 0.186. The van der Waals surface area contributed by atoms with Gasteiger partial charge in [-0.15, -0.1) is 0 Å². The SMILES string of the molecule is CCCCCC(=O)N1c2ccccc2NC2=C(C(=O)C[C@H](c3ccc(OC)cc3)C2)[C@@H]1c1cccc([N+](=O)[O-])c1. The highest BCUT2D eigenvalue weighted by molar-refractivity contribution is 6.06. The number of fused-ring (bicyclic) bond motifs is 1. The van der Waals surface area contributed by atoms with E-state index in [-0.39, 0.29) is 29.7 Å². The van der Waals surface area contributed by atoms with Gasteiger partial charge in [0.05, 0.1) is 29.4 Å². The number of rotatable bonds is 8. The van der Waals surface area contributed by atoms with Gasteiger partial charge in [-0.3, -0.25) is 24.6 Å². The molecule has 2 aliphatic rings. The van der Waals surface area contributed by atoms with Crippen LogP contribution in [0.1, 0.15) is 68.5 Å². The molecule has 8 heteroatoms. The Morgan fingerprint density at radius 3 is 2.52 bits per heavy atom. The molecule has 206 valence electrons. The molecule has 0 spiro atoms. The number of carbonyl (C=O) groups excluding carboxylic acids is 2. The Morgan fingerprint density at radius 2 is 1.80 bits per heavy atom. The monoisotopic (exact) mass is 539 g/mol. The smallest absolute Gasteiger partial charge is 0.269 e. The Bertz CT molecular complexity index is 1460. The summed E-state index contributed by atoms with van der Waals surface area (Å²) in [4.78, 5) is 41.0. The number of methoxy groups -OCH3 is 1. The first-order valence-electron chi connectivity index (χ1n) is 13.7. The molecule has 0 aromatic heterocycles. The summed E-state index contributed by atoms with van der Waals surface area (Å²) in [7, 11) is 1.62. The number of allylic oxidation sites excluding steroid dienone is 1. The van der Waals surface area contributed by atoms with Crippen LogP contribution in [-0.4, -0.2) is 23.7 Å². The number of nitro benzene ring substituents is 1. The van der Waals surface area contributed by atoms with Crippen molar-refractivity contribution in [1.82, 2.24) is 0 Å². The number of ketones is 1. The van der Waals surface area contributed by atoms with Gasteiger partial charge in [-0.05, 0) is 54.2 Å². The summed E-state index contributed by atoms with van der Waals surface area (Å²) in [5.41, 5.74) is 4.11. The van der Waals surface area contributed by atoms with Gasteiger partial charge in [-0.2, -0.15) is 0 Å². The summed E-state index contributed by atoms with van der Waals surface area (Å²) in [6.45, 7) is 2.08. The summed E-state index contributed by atoms with van der Waals surface area (Å²) < 4.78 is 5.30. The normalized spacial score (nSPS) is 18.4. The zero-order chi connectivity index (χ0) is 28.2. The van der Waals surface area contributed by atoms with Crippen LogP contribution >= 0.6 is 0 Å². The summed E-state index contributed by atoms with van der Waals surface area (Å²) in [5.74, 6) is 0.493. The molecule has 3 aromatic carbocycles. The van der Waals surface area contributed by atoms with Crippen LogP contribution in [0.4, 0.5) is 17.1 Å². The third kappa shape index (κ3) is 5.34. The Morgan fingerprint density at radius 1 is 1.02 bits per heavy atom. The van der Waals surface area contributed by atoms with Crippen molar-refractivity contribution in [2.24, 2.45) is 0 Å². The number of nitrogens with one attached hydrogen (secondary N) is 1. The van der Waals surface area contributed by atoms with Crippen LogP contribution in [0.2, 0.25) is 0 Å². The Kier molecular flexibility index (Phi) is 7.96. The first kappa shape index (κ1) is 27.1. The first-order valence-corrected chi connectivity index (χ1v) is 13.7. The van der Waals surface area contributed by atoms with E-state index in [9.17, 15) is 19.7 Å². The number of hydrogen-bond donors (Lipinski definition) is 1. The van der Waals surface area contributed by atoms with Gasteiger partial charge < -0.3 is 10.1 Å². The molecular weight excluding hydrogens is 506 g/mol. The van der Waals surface area contributed by atoms with Crippen molar-refractivity contribution >= 4 is 28.8 Å². The fourth-order valence-corrected chi connectivity index (χ4v) is 5.75. The number of unbranched alkanes of at least 4 members (excludes halogenated alkanes) is 2. The Labute approximate surface area is 233 Å². The number of nitrogens with zero attached hydrogens (tertiary/aromatic N) is 2. The minimum Gasteiger partial charge on any atom is -0.497 e. The van der Waals surface area contributed by atoms with Gasteiger partial charge in [0.1, 0.15) is 5.75 Å². The van der Waals surface area contributed by atoms with Crippen molar-refractivity contribution in [2.45, 2.75) is 57.4 Å². The number of amides is 1. The zero-order valence-electron chi connectivity index (χ0n) is 22.8. The summed E-state index contributed by atoms with van der Waals surface area (Å²) in [5, 5.41) is 15.2. The average molecular weight is 540 g/mol. The van der Waals surface area contributed by atoms with Gasteiger partial charge in [0.15, 0.2) is 5.78 Å². The molecule has 40 heavy (non-hydrogen) atoms. The number of Topliss-reactive ketones (excluding diaryl/α,β-unsaturated/α-hetero) is 1. The van der Waals surface area contributed by atoms with Crippen molar-refractivity contribution in [3.63, 3.8) is 0 Å². The van der Waals surface area contributed by atoms with Crippen LogP contribution in [0.25, 0.3) is 0 Å². The minimum absolute atomic E-state index is 0.0608. The lowest BCUT2D eigenvalue weighted by atomic mass is 9.78. The third-order valence-corrected chi connectivity index (χ3v) is 7.74. The number of hydrogen-bond acceptors (Lipinski definition) is 6. The van der Waals surface area contributed by atoms with Gasteiger partial charge in [0, 0.05) is 36.2 Å². The molecule has 5 rings (SSSR count). The van der Waals surface area contributed by atoms with Gasteiger partial charge in [-0.1, -0.05) is 56.2 Å². The fraction of sp³-hybridized carbons (Fsp3) is 0.312. The molecular formula is C32H33N3O5. The molecule has 2 atom stereocenters. The van der Waals surface area contributed by atoms with Crippen LogP contribution in [-0.2, 0) is 9.59 Å². The first-order chi connectivity index (χ1) is 19.4. The van der Waals surface area contributed by atoms with Crippen molar-refractivity contribution < 1.29 is 19.2 Å². The maximum Gasteiger partial charge on any atom is 0.269 e. The van der Waals surface area contributed by atoms with E-state index in [2.05, 4.69) is 12.2 Å². The van der Waals surface area contributed by atoms with E-state index in [1.165, 1.54) is 12.1 Å². The van der Waals surface area contributed by atoms with Gasteiger partial charge in [0.25, 0.3) is 5.69 Å². The van der Waals surface area contributed by atoms with Crippen molar-refractivity contribution in [2.75, 3.05) is 17.3 Å². The topological polar surface area (TPSA) is 102 Å². The van der Waals surface area contributed by atoms with Crippen LogP contribution in [0.3, 0.4) is 0 Å². The molecule has 0 saturated carbocycles. The van der Waals surface area contributed by atoms with Crippen LogP contribution in [0.15, 0.2) is 84.1 Å². The maximum absolute atomic E-state index is 14.1. The standard InChI is InChI=1S/C32H33N3O5/c1-3-4-5-13-30(37)34-28-12-7-6-11-26(28)33-27-19-23(21-14-16-25(40-2)17-15-21)20-29(36)31(27)32(34)22-9-8-10-24(18-22)35(38)39/h6-12,14-18,23,32-33H,3-5,13,19-20H2,1-2H3/t23-,32+/m1/s1. The van der Waals surface area contributed by atoms with Gasteiger partial charge in [-0.25, -0.2) is 0 Å². The van der Waals surface area contributed by atoms with Gasteiger partial charge >= 0.3 is 0 Å². The molecule has 0 radical (unpaired) electrons. The Hall–Kier alpha value is -4.46. The number of non-ortho nitro benzene ring substituents is 1. The number of para-hydroxylation sites is 2. The molecule has 1 heterocycles. The molecule has 3 aromatic rings. The van der Waals surface area contributed by atoms with Crippen LogP contribution in [0.5, 0.6) is 5.75 Å². The number of carbonyl (C=O) groups is 2. The number of anilines is 2. The molecule has 0 saturated heterocycles. The third-order valence-electron chi connectivity index (χ3n) is 7.74. The summed E-state index contributed by atoms with van der Waals surface area (Å²) >= 11 is 0. The highest BCUT2D eigenvalue weighted by Crippen LogP contribution is 2.48. The van der Waals surface area contributed by atoms with E-state index in [1.54, 1.807) is 24.1 Å². The largest absolute Gasteiger partial charge is 0.497 e. The molecule has 1 amide bonds. The van der Waals surface area contributed by atoms with E-state index >= 15 is 0 Å². The summed E-state index contributed by atoms with van der Waals surface area (Å²) in [6.07, 6.45) is 3.76. The van der Waals surface area contributed by atoms with Crippen LogP contribution < -0.4 is 15.0 Å². The lowest BCUT2D eigenvalue weighted by Crippen LogP contribution is -2.38. The molecule has 0 fully saturated rings. The van der Waals surface area contributed by atoms with Crippen molar-refractivity contribution in [1.29, 1.82) is 0 Å². The fourth-order valence-electron chi connectivity index (χ4n) is 5.75. The minimum atomic E-state index is -0.788. The molecule has 1 aliphatic heterocycles. The second kappa shape index (κ2) is 11.7. The highest BCUT2D eigenvalue weighted by Gasteiger charge is 2.41. The number of benzene rings is 3. The van der Waals surface area contributed by atoms with Crippen molar-refractivity contribution in [3.05, 3.63) is 105 Å².